The first kappa shape index (κ1) is 15.3. The highest BCUT2D eigenvalue weighted by Gasteiger charge is 2.37. The van der Waals surface area contributed by atoms with Crippen molar-refractivity contribution in [3.8, 4) is 0 Å². The molecule has 0 bridgehead atoms. The number of aliphatic hydroxyl groups is 1. The van der Waals surface area contributed by atoms with Gasteiger partial charge >= 0.3 is 7.60 Å². The van der Waals surface area contributed by atoms with E-state index in [-0.39, 0.29) is 12.2 Å². The van der Waals surface area contributed by atoms with Gasteiger partial charge in [-0.25, -0.2) is 15.0 Å². The maximum absolute atomic E-state index is 10.8. The lowest BCUT2D eigenvalue weighted by Gasteiger charge is -2.16. The Hall–Kier alpha value is -1.62. The van der Waals surface area contributed by atoms with Crippen LogP contribution < -0.4 is 5.73 Å². The van der Waals surface area contributed by atoms with E-state index in [9.17, 15) is 9.67 Å². The number of hydrogen-bond acceptors (Lipinski definition) is 8. The first-order chi connectivity index (χ1) is 10.3. The van der Waals surface area contributed by atoms with Crippen LogP contribution in [0.1, 0.15) is 12.6 Å². The monoisotopic (exact) mass is 331 g/mol. The second kappa shape index (κ2) is 5.54. The van der Waals surface area contributed by atoms with Gasteiger partial charge in [0.1, 0.15) is 24.2 Å². The molecule has 11 nitrogen and oxygen atoms in total. The minimum Gasteiger partial charge on any atom is -0.388 e. The van der Waals surface area contributed by atoms with E-state index in [0.29, 0.717) is 11.2 Å². The zero-order chi connectivity index (χ0) is 15.9. The Bertz CT molecular complexity index is 732. The second-order valence-corrected chi connectivity index (χ2v) is 6.39. The van der Waals surface area contributed by atoms with Crippen molar-refractivity contribution < 1.29 is 28.9 Å². The molecule has 2 aromatic heterocycles. The molecule has 22 heavy (non-hydrogen) atoms. The van der Waals surface area contributed by atoms with E-state index >= 15 is 0 Å². The Labute approximate surface area is 123 Å². The molecule has 0 aromatic carbocycles. The predicted octanol–water partition coefficient (Wildman–Crippen LogP) is -0.834. The fourth-order valence-corrected chi connectivity index (χ4v) is 2.54. The Morgan fingerprint density at radius 2 is 2.23 bits per heavy atom. The van der Waals surface area contributed by atoms with Crippen LogP contribution in [0.15, 0.2) is 12.7 Å². The van der Waals surface area contributed by atoms with Crippen molar-refractivity contribution in [2.24, 2.45) is 0 Å². The van der Waals surface area contributed by atoms with Gasteiger partial charge in [0.15, 0.2) is 24.1 Å². The smallest absolute Gasteiger partial charge is 0.351 e. The zero-order valence-corrected chi connectivity index (χ0v) is 12.1. The van der Waals surface area contributed by atoms with E-state index in [1.807, 2.05) is 0 Å². The van der Waals surface area contributed by atoms with Gasteiger partial charge in [-0.15, -0.1) is 0 Å². The van der Waals surface area contributed by atoms with Gasteiger partial charge in [0.05, 0.1) is 6.33 Å². The van der Waals surface area contributed by atoms with Crippen LogP contribution in [0.25, 0.3) is 11.2 Å². The first-order valence-corrected chi connectivity index (χ1v) is 8.07. The lowest BCUT2D eigenvalue weighted by atomic mass is 10.2. The normalized spacial score (nSPS) is 25.9. The number of nitrogens with two attached hydrogens (primary N) is 1. The number of anilines is 1. The van der Waals surface area contributed by atoms with E-state index in [2.05, 4.69) is 15.0 Å². The van der Waals surface area contributed by atoms with Crippen molar-refractivity contribution in [1.82, 2.24) is 19.5 Å². The van der Waals surface area contributed by atoms with E-state index in [1.54, 1.807) is 4.57 Å². The summed E-state index contributed by atoms with van der Waals surface area (Å²) in [6.07, 6.45) is -0.775. The number of imidazole rings is 1. The van der Waals surface area contributed by atoms with Gasteiger partial charge in [-0.3, -0.25) is 9.13 Å². The minimum absolute atomic E-state index is 0.154. The van der Waals surface area contributed by atoms with Gasteiger partial charge in [0.2, 0.25) is 0 Å². The van der Waals surface area contributed by atoms with Crippen molar-refractivity contribution in [3.63, 3.8) is 0 Å². The molecular formula is C10H14N5O6P. The second-order valence-electron chi connectivity index (χ2n) is 4.81. The molecule has 5 N–H and O–H groups in total. The molecule has 0 radical (unpaired) electrons. The third kappa shape index (κ3) is 2.95. The Morgan fingerprint density at radius 1 is 1.45 bits per heavy atom. The van der Waals surface area contributed by atoms with Crippen LogP contribution in [0.4, 0.5) is 5.82 Å². The first-order valence-electron chi connectivity index (χ1n) is 6.28. The summed E-state index contributed by atoms with van der Waals surface area (Å²) >= 11 is 0. The molecular weight excluding hydrogens is 317 g/mol. The summed E-state index contributed by atoms with van der Waals surface area (Å²) in [6.45, 7) is 0. The summed E-state index contributed by atoms with van der Waals surface area (Å²) < 4.78 is 22.7. The third-order valence-corrected chi connectivity index (χ3v) is 3.64. The van der Waals surface area contributed by atoms with Crippen LogP contribution in [0, 0.1) is 0 Å². The SMILES string of the molecule is Nc1ncnc2c1ncn2[C@H]1C[C@H](O)[C@@H](OCP(=O)(O)O)O1. The summed E-state index contributed by atoms with van der Waals surface area (Å²) in [6, 6.07) is 0. The standard InChI is InChI=1S/C10H14N5O6P/c11-8-7-9(13-2-12-8)15(3-14-7)6-1-5(16)10(21-6)20-4-22(17,18)19/h2-3,5-6,10,16H,1,4H2,(H2,11,12,13)(H2,17,18,19)/t5-,6+,10-/m0/s1. The average Bonchev–Trinajstić information content (AvgIpc) is 3.00. The summed E-state index contributed by atoms with van der Waals surface area (Å²) in [4.78, 5) is 29.5. The van der Waals surface area contributed by atoms with Crippen molar-refractivity contribution in [3.05, 3.63) is 12.7 Å². The van der Waals surface area contributed by atoms with E-state index in [1.165, 1.54) is 12.7 Å². The maximum atomic E-state index is 10.8. The predicted molar refractivity (Wildman–Crippen MR) is 72.3 cm³/mol. The average molecular weight is 331 g/mol. The van der Waals surface area contributed by atoms with Gasteiger partial charge in [-0.05, 0) is 0 Å². The molecule has 0 amide bonds. The van der Waals surface area contributed by atoms with Gasteiger partial charge in [-0.1, -0.05) is 0 Å². The maximum Gasteiger partial charge on any atom is 0.351 e. The number of nitrogens with zero attached hydrogens (tertiary/aromatic N) is 4. The van der Waals surface area contributed by atoms with E-state index in [0.717, 1.165) is 0 Å². The summed E-state index contributed by atoms with van der Waals surface area (Å²) in [7, 11) is -4.34. The molecule has 2 aromatic rings. The molecule has 0 aliphatic carbocycles. The van der Waals surface area contributed by atoms with Gasteiger partial charge in [0, 0.05) is 6.42 Å². The lowest BCUT2D eigenvalue weighted by molar-refractivity contribution is -0.167. The highest BCUT2D eigenvalue weighted by molar-refractivity contribution is 7.51. The van der Waals surface area contributed by atoms with Crippen molar-refractivity contribution in [1.29, 1.82) is 0 Å². The summed E-state index contributed by atoms with van der Waals surface area (Å²) in [5.74, 6) is 0.219. The fraction of sp³-hybridized carbons (Fsp3) is 0.500. The highest BCUT2D eigenvalue weighted by atomic mass is 31.2. The fourth-order valence-electron chi connectivity index (χ4n) is 2.20. The van der Waals surface area contributed by atoms with Crippen molar-refractivity contribution in [2.75, 3.05) is 12.1 Å². The Balaban J connectivity index is 1.78. The molecule has 1 aliphatic heterocycles. The minimum atomic E-state index is -4.34. The number of hydrogen-bond donors (Lipinski definition) is 4. The van der Waals surface area contributed by atoms with Crippen LogP contribution in [0.3, 0.4) is 0 Å². The van der Waals surface area contributed by atoms with Crippen LogP contribution in [-0.4, -0.2) is 53.2 Å². The number of ether oxygens (including phenoxy) is 2. The largest absolute Gasteiger partial charge is 0.388 e. The van der Waals surface area contributed by atoms with Crippen molar-refractivity contribution in [2.45, 2.75) is 25.0 Å². The number of nitrogen functional groups attached to an aromatic ring is 1. The molecule has 3 heterocycles. The number of rotatable bonds is 4. The Morgan fingerprint density at radius 3 is 2.95 bits per heavy atom. The molecule has 3 rings (SSSR count). The summed E-state index contributed by atoms with van der Waals surface area (Å²) in [5.41, 5.74) is 6.52. The topological polar surface area (TPSA) is 166 Å². The number of aliphatic hydroxyl groups excluding tert-OH is 1. The Kier molecular flexibility index (Phi) is 3.85. The van der Waals surface area contributed by atoms with Crippen LogP contribution in [-0.2, 0) is 14.0 Å². The molecule has 0 unspecified atom stereocenters. The molecule has 1 fully saturated rings. The highest BCUT2D eigenvalue weighted by Crippen LogP contribution is 2.37. The molecule has 0 spiro atoms. The molecule has 12 heteroatoms. The van der Waals surface area contributed by atoms with E-state index < -0.39 is 32.6 Å². The van der Waals surface area contributed by atoms with Gasteiger partial charge in [0.25, 0.3) is 0 Å². The van der Waals surface area contributed by atoms with Crippen molar-refractivity contribution >= 4 is 24.6 Å². The summed E-state index contributed by atoms with van der Waals surface area (Å²) in [5, 5.41) is 9.89. The number of aromatic nitrogens is 4. The molecule has 0 saturated carbocycles. The van der Waals surface area contributed by atoms with Crippen LogP contribution in [0.2, 0.25) is 0 Å². The molecule has 120 valence electrons. The van der Waals surface area contributed by atoms with Crippen LogP contribution in [0.5, 0.6) is 0 Å². The third-order valence-electron chi connectivity index (χ3n) is 3.15. The van der Waals surface area contributed by atoms with Crippen LogP contribution >= 0.6 is 7.60 Å². The van der Waals surface area contributed by atoms with Gasteiger partial charge < -0.3 is 30.1 Å². The quantitative estimate of drug-likeness (QED) is 0.519. The molecule has 1 aliphatic rings. The zero-order valence-electron chi connectivity index (χ0n) is 11.2. The molecule has 3 atom stereocenters. The number of fused-ring (bicyclic) bond motifs is 1. The van der Waals surface area contributed by atoms with E-state index in [4.69, 9.17) is 25.0 Å². The lowest BCUT2D eigenvalue weighted by Crippen LogP contribution is -2.24. The van der Waals surface area contributed by atoms with Gasteiger partial charge in [-0.2, -0.15) is 0 Å². The molecule has 1 saturated heterocycles.